The Balaban J connectivity index is 5.13. The van der Waals surface area contributed by atoms with E-state index in [2.05, 4.69) is 123 Å². The van der Waals surface area contributed by atoms with E-state index in [1.165, 1.54) is 96.3 Å². The van der Waals surface area contributed by atoms with Gasteiger partial charge in [-0.2, -0.15) is 0 Å². The van der Waals surface area contributed by atoms with E-state index in [1.807, 2.05) is 33.3 Å². The second-order valence-electron chi connectivity index (χ2n) is 22.5. The summed E-state index contributed by atoms with van der Waals surface area (Å²) in [6, 6.07) is -0.902. The van der Waals surface area contributed by atoms with Gasteiger partial charge in [-0.1, -0.05) is 252 Å². The van der Waals surface area contributed by atoms with Gasteiger partial charge in [0.2, 0.25) is 5.91 Å². The number of phosphoric ester groups is 1. The number of unbranched alkanes of at least 4 members (excludes halogenated alkanes) is 25. The van der Waals surface area contributed by atoms with E-state index < -0.39 is 26.6 Å². The zero-order valence-electron chi connectivity index (χ0n) is 51.8. The molecule has 3 unspecified atom stereocenters. The second-order valence-corrected chi connectivity index (χ2v) is 23.9. The number of nitrogens with zero attached hydrogens (tertiary/aromatic N) is 1. The molecule has 0 fully saturated rings. The molecular weight excluding hydrogens is 1000 g/mol. The summed E-state index contributed by atoms with van der Waals surface area (Å²) in [5.74, 6) is -0.564. The van der Waals surface area contributed by atoms with Gasteiger partial charge in [-0.25, -0.2) is 0 Å². The van der Waals surface area contributed by atoms with Gasteiger partial charge in [0, 0.05) is 12.8 Å². The fourth-order valence-electron chi connectivity index (χ4n) is 8.80. The number of carbonyl (C=O) groups is 2. The van der Waals surface area contributed by atoms with Gasteiger partial charge in [0.15, 0.2) is 0 Å². The highest BCUT2D eigenvalue weighted by Crippen LogP contribution is 2.38. The zero-order valence-corrected chi connectivity index (χ0v) is 52.7. The van der Waals surface area contributed by atoms with E-state index in [1.54, 1.807) is 0 Å². The van der Waals surface area contributed by atoms with Crippen molar-refractivity contribution < 1.29 is 37.3 Å². The number of quaternary nitrogens is 1. The van der Waals surface area contributed by atoms with E-state index in [0.29, 0.717) is 23.9 Å². The molecule has 3 atom stereocenters. The predicted molar refractivity (Wildman–Crippen MR) is 339 cm³/mol. The first-order valence-corrected chi connectivity index (χ1v) is 33.7. The fraction of sp³-hybridized carbons (Fsp3) is 0.710. The van der Waals surface area contributed by atoms with Crippen molar-refractivity contribution >= 4 is 19.7 Å². The van der Waals surface area contributed by atoms with E-state index in [0.717, 1.165) is 128 Å². The molecule has 0 saturated carbocycles. The molecule has 1 N–H and O–H groups in total. The molecule has 0 aromatic rings. The molecule has 0 aliphatic rings. The van der Waals surface area contributed by atoms with E-state index in [-0.39, 0.29) is 24.9 Å². The minimum absolute atomic E-state index is 0.0302. The van der Waals surface area contributed by atoms with Crippen LogP contribution in [0.1, 0.15) is 265 Å². The quantitative estimate of drug-likeness (QED) is 0.0212. The molecule has 9 nitrogen and oxygen atoms in total. The van der Waals surface area contributed by atoms with Crippen molar-refractivity contribution in [1.82, 2.24) is 5.32 Å². The van der Waals surface area contributed by atoms with Crippen LogP contribution in [0.2, 0.25) is 0 Å². The zero-order chi connectivity index (χ0) is 57.9. The molecule has 10 heteroatoms. The summed E-state index contributed by atoms with van der Waals surface area (Å²) in [5, 5.41) is 3.02. The predicted octanol–water partition coefficient (Wildman–Crippen LogP) is 19.5. The van der Waals surface area contributed by atoms with Crippen LogP contribution in [0.15, 0.2) is 109 Å². The number of rotatable bonds is 57. The molecular formula is C69H121N2O7P. The number of amides is 1. The fourth-order valence-corrected chi connectivity index (χ4v) is 9.52. The number of phosphoric acid groups is 1. The highest BCUT2D eigenvalue weighted by Gasteiger charge is 2.27. The van der Waals surface area contributed by atoms with Crippen LogP contribution in [0.5, 0.6) is 0 Å². The van der Waals surface area contributed by atoms with Crippen LogP contribution < -0.4 is 10.2 Å². The topological polar surface area (TPSA) is 114 Å². The summed E-state index contributed by atoms with van der Waals surface area (Å²) < 4.78 is 30.3. The van der Waals surface area contributed by atoms with Crippen molar-refractivity contribution in [2.24, 2.45) is 0 Å². The Labute approximate surface area is 487 Å². The van der Waals surface area contributed by atoms with Crippen LogP contribution in [0, 0.1) is 0 Å². The number of esters is 1. The molecule has 0 heterocycles. The molecule has 0 radical (unpaired) electrons. The Morgan fingerprint density at radius 2 is 0.810 bits per heavy atom. The number of nitrogens with one attached hydrogen (secondary N) is 1. The maximum atomic E-state index is 13.5. The van der Waals surface area contributed by atoms with Crippen LogP contribution in [0.25, 0.3) is 0 Å². The maximum Gasteiger partial charge on any atom is 0.306 e. The molecule has 0 aromatic carbocycles. The minimum Gasteiger partial charge on any atom is -0.756 e. The third-order valence-electron chi connectivity index (χ3n) is 13.7. The lowest BCUT2D eigenvalue weighted by molar-refractivity contribution is -0.870. The van der Waals surface area contributed by atoms with Gasteiger partial charge in [-0.15, -0.1) is 0 Å². The molecule has 454 valence electrons. The van der Waals surface area contributed by atoms with Crippen LogP contribution in [-0.4, -0.2) is 69.4 Å². The first-order valence-electron chi connectivity index (χ1n) is 32.2. The maximum absolute atomic E-state index is 13.5. The number of hydrogen-bond donors (Lipinski definition) is 1. The normalized spacial score (nSPS) is 14.4. The van der Waals surface area contributed by atoms with Crippen molar-refractivity contribution in [1.29, 1.82) is 0 Å². The Bertz CT molecular complexity index is 1720. The lowest BCUT2D eigenvalue weighted by Crippen LogP contribution is -2.47. The van der Waals surface area contributed by atoms with Crippen LogP contribution in [0.3, 0.4) is 0 Å². The highest BCUT2D eigenvalue weighted by molar-refractivity contribution is 7.45. The summed E-state index contributed by atoms with van der Waals surface area (Å²) in [6.45, 7) is 6.61. The first kappa shape index (κ1) is 75.7. The lowest BCUT2D eigenvalue weighted by Gasteiger charge is -2.30. The molecule has 0 saturated heterocycles. The van der Waals surface area contributed by atoms with Crippen molar-refractivity contribution in [2.45, 2.75) is 277 Å². The number of hydrogen-bond acceptors (Lipinski definition) is 7. The standard InChI is InChI=1S/C69H121N2O7P/c1-7-10-13-16-19-22-25-28-30-31-32-33-34-35-36-37-38-39-40-41-42-44-47-50-53-56-59-62-69(73)78-67(60-57-54-51-48-45-27-24-21-18-15-12-9-3)66(65-77-79(74,75)76-64-63-71(4,5)6)70-68(72)61-58-55-52-49-46-43-29-26-23-20-17-14-11-8-2/h10-11,13-14,19-20,22-23,28,30,32-33,35-36,38-39,57,60,66-67H,7-9,12,15-18,21,24-27,29,31,34,37,40-56,58-59,61-65H2,1-6H3,(H-,70,72,74,75)/b13-10-,14-11+,22-19-,23-20+,30-28-,33-32-,36-35-,39-38-,60-57-. The van der Waals surface area contributed by atoms with Crippen molar-refractivity contribution in [3.05, 3.63) is 109 Å². The van der Waals surface area contributed by atoms with Gasteiger partial charge in [0.1, 0.15) is 19.3 Å². The summed E-state index contributed by atoms with van der Waals surface area (Å²) in [6.07, 6.45) is 79.2. The first-order chi connectivity index (χ1) is 38.4. The van der Waals surface area contributed by atoms with Crippen LogP contribution in [0.4, 0.5) is 0 Å². The molecule has 0 bridgehead atoms. The van der Waals surface area contributed by atoms with Crippen molar-refractivity contribution in [3.8, 4) is 0 Å². The number of ether oxygens (including phenoxy) is 1. The van der Waals surface area contributed by atoms with Crippen LogP contribution in [-0.2, 0) is 27.9 Å². The van der Waals surface area contributed by atoms with E-state index >= 15 is 0 Å². The average Bonchev–Trinajstić information content (AvgIpc) is 3.41. The summed E-state index contributed by atoms with van der Waals surface area (Å²) in [4.78, 5) is 40.0. The molecule has 0 spiro atoms. The van der Waals surface area contributed by atoms with E-state index in [4.69, 9.17) is 13.8 Å². The van der Waals surface area contributed by atoms with Crippen molar-refractivity contribution in [3.63, 3.8) is 0 Å². The second kappa shape index (κ2) is 57.9. The van der Waals surface area contributed by atoms with Gasteiger partial charge in [-0.3, -0.25) is 14.2 Å². The minimum atomic E-state index is -4.71. The average molecular weight is 1120 g/mol. The largest absolute Gasteiger partial charge is 0.756 e. The van der Waals surface area contributed by atoms with Gasteiger partial charge in [-0.05, 0) is 109 Å². The highest BCUT2D eigenvalue weighted by atomic mass is 31.2. The third kappa shape index (κ3) is 59.1. The summed E-state index contributed by atoms with van der Waals surface area (Å²) >= 11 is 0. The van der Waals surface area contributed by atoms with Gasteiger partial charge in [0.05, 0.1) is 33.8 Å². The Hall–Kier alpha value is -3.33. The van der Waals surface area contributed by atoms with Gasteiger partial charge >= 0.3 is 5.97 Å². The van der Waals surface area contributed by atoms with Gasteiger partial charge < -0.3 is 28.5 Å². The smallest absolute Gasteiger partial charge is 0.306 e. The number of likely N-dealkylation sites (N-methyl/N-ethyl adjacent to an activating group) is 1. The molecule has 0 aliphatic carbocycles. The SMILES string of the molecule is CC/C=C\C/C=C\C/C=C\C/C=C\C/C=C\C/C=C\CCCCCCCCCCC(=O)OC(/C=C\CCCCCCCCCCCC)C(COP(=O)([O-])OCC[N+](C)(C)C)NC(=O)CCCCCCCCC/C=C/C/C=C/CC. The molecule has 0 rings (SSSR count). The third-order valence-corrected chi connectivity index (χ3v) is 14.7. The van der Waals surface area contributed by atoms with Crippen molar-refractivity contribution in [2.75, 3.05) is 40.9 Å². The summed E-state index contributed by atoms with van der Waals surface area (Å²) in [7, 11) is 1.16. The van der Waals surface area contributed by atoms with Crippen LogP contribution >= 0.6 is 7.82 Å². The Kier molecular flexibility index (Phi) is 55.4. The molecule has 0 aromatic heterocycles. The molecule has 79 heavy (non-hydrogen) atoms. The monoisotopic (exact) mass is 1120 g/mol. The number of carbonyl (C=O) groups excluding carboxylic acids is 2. The Morgan fingerprint density at radius 3 is 1.22 bits per heavy atom. The Morgan fingerprint density at radius 1 is 0.456 bits per heavy atom. The molecule has 1 amide bonds. The lowest BCUT2D eigenvalue weighted by atomic mass is 10.0. The summed E-state index contributed by atoms with van der Waals surface area (Å²) in [5.41, 5.74) is 0. The number of allylic oxidation sites excluding steroid dienone is 17. The molecule has 0 aliphatic heterocycles. The van der Waals surface area contributed by atoms with Gasteiger partial charge in [0.25, 0.3) is 7.82 Å². The van der Waals surface area contributed by atoms with E-state index in [9.17, 15) is 19.0 Å².